The van der Waals surface area contributed by atoms with Crippen LogP contribution in [0.3, 0.4) is 0 Å². The molecule has 3 amide bonds. The number of hydrogen-bond acceptors (Lipinski definition) is 2. The third-order valence-electron chi connectivity index (χ3n) is 4.91. The van der Waals surface area contributed by atoms with Gasteiger partial charge in [0.2, 0.25) is 5.91 Å². The average Bonchev–Trinajstić information content (AvgIpc) is 3.02. The molecule has 0 bridgehead atoms. The molecule has 0 aliphatic carbocycles. The minimum absolute atomic E-state index is 0.0886. The topological polar surface area (TPSA) is 52.7 Å². The predicted molar refractivity (Wildman–Crippen MR) is 108 cm³/mol. The SMILES string of the molecule is Cc1ccc(CNC(=O)CN2CCN(c3ccc(C(C)C)cc3)C2=O)cc1. The highest BCUT2D eigenvalue weighted by Crippen LogP contribution is 2.23. The van der Waals surface area contributed by atoms with Crippen LogP contribution < -0.4 is 10.2 Å². The van der Waals surface area contributed by atoms with Gasteiger partial charge in [-0.25, -0.2) is 4.79 Å². The Bertz CT molecular complexity index is 797. The Morgan fingerprint density at radius 2 is 1.70 bits per heavy atom. The summed E-state index contributed by atoms with van der Waals surface area (Å²) in [5, 5.41) is 2.89. The number of urea groups is 1. The predicted octanol–water partition coefficient (Wildman–Crippen LogP) is 3.68. The standard InChI is InChI=1S/C22H27N3O2/c1-16(2)19-8-10-20(11-9-19)25-13-12-24(22(25)27)15-21(26)23-14-18-6-4-17(3)5-7-18/h4-11,16H,12-15H2,1-3H3,(H,23,26). The van der Waals surface area contributed by atoms with Crippen molar-refractivity contribution in [1.82, 2.24) is 10.2 Å². The molecule has 2 aromatic carbocycles. The number of carbonyl (C=O) groups is 2. The zero-order valence-electron chi connectivity index (χ0n) is 16.2. The lowest BCUT2D eigenvalue weighted by atomic mass is 10.0. The van der Waals surface area contributed by atoms with Crippen LogP contribution in [0.5, 0.6) is 0 Å². The molecule has 1 N–H and O–H groups in total. The molecule has 0 radical (unpaired) electrons. The summed E-state index contributed by atoms with van der Waals surface area (Å²) in [4.78, 5) is 28.2. The van der Waals surface area contributed by atoms with E-state index in [1.54, 1.807) is 9.80 Å². The van der Waals surface area contributed by atoms with Gasteiger partial charge in [-0.2, -0.15) is 0 Å². The van der Waals surface area contributed by atoms with Crippen LogP contribution >= 0.6 is 0 Å². The van der Waals surface area contributed by atoms with E-state index in [1.165, 1.54) is 11.1 Å². The van der Waals surface area contributed by atoms with Crippen molar-refractivity contribution in [1.29, 1.82) is 0 Å². The molecule has 1 heterocycles. The van der Waals surface area contributed by atoms with Crippen molar-refractivity contribution in [2.24, 2.45) is 0 Å². The minimum atomic E-state index is -0.138. The molecule has 0 aromatic heterocycles. The van der Waals surface area contributed by atoms with E-state index in [4.69, 9.17) is 0 Å². The van der Waals surface area contributed by atoms with E-state index in [1.807, 2.05) is 43.3 Å². The average molecular weight is 365 g/mol. The van der Waals surface area contributed by atoms with Crippen molar-refractivity contribution < 1.29 is 9.59 Å². The zero-order valence-corrected chi connectivity index (χ0v) is 16.2. The summed E-state index contributed by atoms with van der Waals surface area (Å²) in [7, 11) is 0. The minimum Gasteiger partial charge on any atom is -0.350 e. The van der Waals surface area contributed by atoms with E-state index < -0.39 is 0 Å². The molecule has 27 heavy (non-hydrogen) atoms. The van der Waals surface area contributed by atoms with Crippen LogP contribution in [0, 0.1) is 6.92 Å². The van der Waals surface area contributed by atoms with Crippen molar-refractivity contribution >= 4 is 17.6 Å². The number of hydrogen-bond donors (Lipinski definition) is 1. The van der Waals surface area contributed by atoms with E-state index in [2.05, 4.69) is 31.3 Å². The molecule has 5 heteroatoms. The van der Waals surface area contributed by atoms with Crippen LogP contribution in [-0.2, 0) is 11.3 Å². The largest absolute Gasteiger partial charge is 0.350 e. The molecule has 1 aliphatic heterocycles. The van der Waals surface area contributed by atoms with E-state index in [9.17, 15) is 9.59 Å². The van der Waals surface area contributed by atoms with Gasteiger partial charge in [0.05, 0.1) is 0 Å². The van der Waals surface area contributed by atoms with Crippen molar-refractivity contribution in [2.45, 2.75) is 33.2 Å². The van der Waals surface area contributed by atoms with Gasteiger partial charge in [-0.05, 0) is 36.1 Å². The first-order valence-corrected chi connectivity index (χ1v) is 9.42. The van der Waals surface area contributed by atoms with Crippen LogP contribution in [0.4, 0.5) is 10.5 Å². The van der Waals surface area contributed by atoms with Crippen LogP contribution in [-0.4, -0.2) is 36.5 Å². The molecule has 0 atom stereocenters. The van der Waals surface area contributed by atoms with Crippen LogP contribution in [0.1, 0.15) is 36.5 Å². The molecule has 5 nitrogen and oxygen atoms in total. The maximum Gasteiger partial charge on any atom is 0.325 e. The molecular formula is C22H27N3O2. The zero-order chi connectivity index (χ0) is 19.4. The van der Waals surface area contributed by atoms with Gasteiger partial charge in [-0.3, -0.25) is 9.69 Å². The lowest BCUT2D eigenvalue weighted by molar-refractivity contribution is -0.121. The summed E-state index contributed by atoms with van der Waals surface area (Å²) in [6.45, 7) is 8.05. The number of anilines is 1. The fourth-order valence-corrected chi connectivity index (χ4v) is 3.14. The highest BCUT2D eigenvalue weighted by atomic mass is 16.2. The Morgan fingerprint density at radius 1 is 1.04 bits per heavy atom. The fourth-order valence-electron chi connectivity index (χ4n) is 3.14. The number of nitrogens with zero attached hydrogens (tertiary/aromatic N) is 2. The lowest BCUT2D eigenvalue weighted by Crippen LogP contribution is -2.39. The highest BCUT2D eigenvalue weighted by Gasteiger charge is 2.30. The Labute approximate surface area is 161 Å². The third kappa shape index (κ3) is 4.67. The summed E-state index contributed by atoms with van der Waals surface area (Å²) >= 11 is 0. The summed E-state index contributed by atoms with van der Waals surface area (Å²) in [5.41, 5.74) is 4.37. The molecule has 142 valence electrons. The maximum atomic E-state index is 12.6. The Balaban J connectivity index is 1.53. The van der Waals surface area contributed by atoms with Crippen LogP contribution in [0.2, 0.25) is 0 Å². The lowest BCUT2D eigenvalue weighted by Gasteiger charge is -2.19. The van der Waals surface area contributed by atoms with Gasteiger partial charge in [0.15, 0.2) is 0 Å². The van der Waals surface area contributed by atoms with Gasteiger partial charge in [0, 0.05) is 25.3 Å². The summed E-state index contributed by atoms with van der Waals surface area (Å²) in [6.07, 6.45) is 0. The quantitative estimate of drug-likeness (QED) is 0.849. The normalized spacial score (nSPS) is 14.1. The number of rotatable bonds is 6. The highest BCUT2D eigenvalue weighted by molar-refractivity contribution is 5.96. The van der Waals surface area contributed by atoms with Gasteiger partial charge in [0.25, 0.3) is 0 Å². The van der Waals surface area contributed by atoms with Gasteiger partial charge in [0.1, 0.15) is 6.54 Å². The van der Waals surface area contributed by atoms with Crippen molar-refractivity contribution in [2.75, 3.05) is 24.5 Å². The molecule has 0 spiro atoms. The second-order valence-corrected chi connectivity index (χ2v) is 7.36. The summed E-state index contributed by atoms with van der Waals surface area (Å²) in [6, 6.07) is 16.0. The molecule has 2 aromatic rings. The van der Waals surface area contributed by atoms with Crippen molar-refractivity contribution in [3.63, 3.8) is 0 Å². The van der Waals surface area contributed by atoms with E-state index >= 15 is 0 Å². The maximum absolute atomic E-state index is 12.6. The van der Waals surface area contributed by atoms with Gasteiger partial charge >= 0.3 is 6.03 Å². The van der Waals surface area contributed by atoms with E-state index in [0.29, 0.717) is 25.6 Å². The molecule has 1 fully saturated rings. The smallest absolute Gasteiger partial charge is 0.325 e. The molecule has 3 rings (SSSR count). The molecule has 1 aliphatic rings. The van der Waals surface area contributed by atoms with Gasteiger partial charge < -0.3 is 10.2 Å². The molecule has 1 saturated heterocycles. The number of nitrogens with one attached hydrogen (secondary N) is 1. The number of benzene rings is 2. The first kappa shape index (κ1) is 19.0. The van der Waals surface area contributed by atoms with Crippen LogP contribution in [0.25, 0.3) is 0 Å². The molecule has 0 unspecified atom stereocenters. The fraction of sp³-hybridized carbons (Fsp3) is 0.364. The Hall–Kier alpha value is -2.82. The number of aryl methyl sites for hydroxylation is 1. The van der Waals surface area contributed by atoms with Gasteiger partial charge in [-0.1, -0.05) is 55.8 Å². The first-order chi connectivity index (χ1) is 12.9. The summed E-state index contributed by atoms with van der Waals surface area (Å²) < 4.78 is 0. The Morgan fingerprint density at radius 3 is 2.33 bits per heavy atom. The van der Waals surface area contributed by atoms with Crippen molar-refractivity contribution in [3.05, 3.63) is 65.2 Å². The monoisotopic (exact) mass is 365 g/mol. The third-order valence-corrected chi connectivity index (χ3v) is 4.91. The first-order valence-electron chi connectivity index (χ1n) is 9.42. The Kier molecular flexibility index (Phi) is 5.79. The van der Waals surface area contributed by atoms with E-state index in [0.717, 1.165) is 11.3 Å². The van der Waals surface area contributed by atoms with Crippen LogP contribution in [0.15, 0.2) is 48.5 Å². The van der Waals surface area contributed by atoms with E-state index in [-0.39, 0.29) is 18.5 Å². The van der Waals surface area contributed by atoms with Gasteiger partial charge in [-0.15, -0.1) is 0 Å². The molecular weight excluding hydrogens is 338 g/mol. The van der Waals surface area contributed by atoms with Crippen molar-refractivity contribution in [3.8, 4) is 0 Å². The number of amides is 3. The summed E-state index contributed by atoms with van der Waals surface area (Å²) in [5.74, 6) is 0.322. The second kappa shape index (κ2) is 8.25. The number of carbonyl (C=O) groups excluding carboxylic acids is 2. The second-order valence-electron chi connectivity index (χ2n) is 7.36. The molecule has 0 saturated carbocycles.